The van der Waals surface area contributed by atoms with Crippen LogP contribution in [0.4, 0.5) is 14.5 Å². The van der Waals surface area contributed by atoms with E-state index in [0.717, 1.165) is 18.9 Å². The number of pyridine rings is 1. The molecule has 2 aliphatic rings. The summed E-state index contributed by atoms with van der Waals surface area (Å²) in [6.45, 7) is -0.437. The smallest absolute Gasteiger partial charge is 0.251 e. The molecule has 50 heavy (non-hydrogen) atoms. The number of nitrogens with one attached hydrogen (secondary N) is 1. The summed E-state index contributed by atoms with van der Waals surface area (Å²) in [6, 6.07) is 15.2. The molecule has 2 fully saturated rings. The molecule has 0 radical (unpaired) electrons. The standard InChI is InChI=1S/C36H31ClF2N6O5/c1-50-30-12-19(11-20-17-44(22-7-8-22)43-33(20)30)35(48)41-18-36(49,21-5-3-2-4-6-21)31-14-23(45-29(34(40)47)9-10-32(45)46)13-28(42-31)24-15-25(37)27(39)16-26(24)38/h2-6,11-17,22,29,49H,7-10,18H2,1H3,(H2,40,47)(H,41,48)/t29-,36+/m0/s1. The molecular formula is C36H31ClF2N6O5. The number of hydrogen-bond acceptors (Lipinski definition) is 7. The van der Waals surface area contributed by atoms with Gasteiger partial charge in [0.25, 0.3) is 5.91 Å². The molecule has 0 bridgehead atoms. The average molecular weight is 701 g/mol. The summed E-state index contributed by atoms with van der Waals surface area (Å²) in [7, 11) is 1.49. The van der Waals surface area contributed by atoms with Crippen molar-refractivity contribution in [3.05, 3.63) is 106 Å². The van der Waals surface area contributed by atoms with E-state index in [1.165, 1.54) is 24.1 Å². The predicted molar refractivity (Wildman–Crippen MR) is 181 cm³/mol. The van der Waals surface area contributed by atoms with Gasteiger partial charge in [0.15, 0.2) is 0 Å². The number of ether oxygens (including phenoxy) is 1. The first kappa shape index (κ1) is 33.1. The molecule has 0 unspecified atom stereocenters. The van der Waals surface area contributed by atoms with Crippen LogP contribution >= 0.6 is 11.6 Å². The minimum Gasteiger partial charge on any atom is -0.494 e. The highest BCUT2D eigenvalue weighted by Gasteiger charge is 2.39. The van der Waals surface area contributed by atoms with E-state index in [4.69, 9.17) is 22.1 Å². The van der Waals surface area contributed by atoms with Crippen LogP contribution in [0.1, 0.15) is 53.3 Å². The quantitative estimate of drug-likeness (QED) is 0.173. The maximum absolute atomic E-state index is 15.3. The van der Waals surface area contributed by atoms with Gasteiger partial charge in [0.1, 0.15) is 34.5 Å². The molecule has 7 rings (SSSR count). The third kappa shape index (κ3) is 6.03. The highest BCUT2D eigenvalue weighted by molar-refractivity contribution is 6.31. The van der Waals surface area contributed by atoms with Crippen molar-refractivity contribution in [3.63, 3.8) is 0 Å². The number of aliphatic hydroxyl groups is 1. The first-order valence-electron chi connectivity index (χ1n) is 15.9. The number of amides is 3. The summed E-state index contributed by atoms with van der Waals surface area (Å²) in [5.41, 5.74) is 4.34. The van der Waals surface area contributed by atoms with Crippen molar-refractivity contribution in [2.24, 2.45) is 5.73 Å². The van der Waals surface area contributed by atoms with Crippen molar-refractivity contribution in [2.45, 2.75) is 43.4 Å². The monoisotopic (exact) mass is 700 g/mol. The summed E-state index contributed by atoms with van der Waals surface area (Å²) in [4.78, 5) is 45.0. The Hall–Kier alpha value is -5.40. The van der Waals surface area contributed by atoms with Crippen molar-refractivity contribution in [1.82, 2.24) is 20.1 Å². The van der Waals surface area contributed by atoms with Gasteiger partial charge >= 0.3 is 0 Å². The fourth-order valence-corrected chi connectivity index (χ4v) is 6.46. The predicted octanol–water partition coefficient (Wildman–Crippen LogP) is 5.02. The molecule has 3 heterocycles. The van der Waals surface area contributed by atoms with Crippen molar-refractivity contribution in [3.8, 4) is 17.0 Å². The van der Waals surface area contributed by atoms with E-state index in [0.29, 0.717) is 34.3 Å². The lowest BCUT2D eigenvalue weighted by Crippen LogP contribution is -2.44. The average Bonchev–Trinajstić information content (AvgIpc) is 3.75. The number of primary amides is 1. The molecule has 1 aliphatic carbocycles. The highest BCUT2D eigenvalue weighted by atomic mass is 35.5. The van der Waals surface area contributed by atoms with Crippen LogP contribution in [0, 0.1) is 11.6 Å². The number of halogens is 3. The number of fused-ring (bicyclic) bond motifs is 1. The lowest BCUT2D eigenvalue weighted by atomic mass is 9.88. The van der Waals surface area contributed by atoms with Gasteiger partial charge in [-0.15, -0.1) is 0 Å². The summed E-state index contributed by atoms with van der Waals surface area (Å²) < 4.78 is 36.9. The Labute approximate surface area is 289 Å². The molecule has 1 saturated carbocycles. The van der Waals surface area contributed by atoms with Gasteiger partial charge in [-0.1, -0.05) is 41.9 Å². The molecule has 5 aromatic rings. The number of benzene rings is 3. The Bertz CT molecular complexity index is 2180. The second-order valence-electron chi connectivity index (χ2n) is 12.4. The van der Waals surface area contributed by atoms with E-state index < -0.39 is 47.5 Å². The minimum absolute atomic E-state index is 0.0176. The number of aromatic nitrogens is 3. The van der Waals surface area contributed by atoms with Crippen molar-refractivity contribution in [2.75, 3.05) is 18.6 Å². The van der Waals surface area contributed by atoms with Crippen molar-refractivity contribution in [1.29, 1.82) is 0 Å². The molecule has 0 spiro atoms. The minimum atomic E-state index is -2.09. The van der Waals surface area contributed by atoms with Gasteiger partial charge in [0, 0.05) is 40.9 Å². The molecule has 14 heteroatoms. The van der Waals surface area contributed by atoms with Crippen LogP contribution in [0.5, 0.6) is 5.75 Å². The van der Waals surface area contributed by atoms with Crippen LogP contribution in [-0.2, 0) is 15.2 Å². The first-order valence-corrected chi connectivity index (χ1v) is 16.3. The number of carbonyl (C=O) groups excluding carboxylic acids is 3. The third-order valence-corrected chi connectivity index (χ3v) is 9.38. The summed E-state index contributed by atoms with van der Waals surface area (Å²) >= 11 is 6.03. The first-order chi connectivity index (χ1) is 24.0. The van der Waals surface area contributed by atoms with Crippen LogP contribution in [0.2, 0.25) is 5.02 Å². The number of nitrogens with two attached hydrogens (primary N) is 1. The molecule has 256 valence electrons. The van der Waals surface area contributed by atoms with Crippen LogP contribution < -0.4 is 20.7 Å². The summed E-state index contributed by atoms with van der Waals surface area (Å²) in [6.07, 6.45) is 4.07. The van der Waals surface area contributed by atoms with Gasteiger partial charge in [-0.05, 0) is 55.2 Å². The zero-order chi connectivity index (χ0) is 35.3. The summed E-state index contributed by atoms with van der Waals surface area (Å²) in [5.74, 6) is -3.33. The highest BCUT2D eigenvalue weighted by Crippen LogP contribution is 2.39. The van der Waals surface area contributed by atoms with Gasteiger partial charge in [-0.3, -0.25) is 24.0 Å². The number of rotatable bonds is 10. The van der Waals surface area contributed by atoms with Crippen molar-refractivity contribution < 1.29 is 33.0 Å². The van der Waals surface area contributed by atoms with Gasteiger partial charge in [0.2, 0.25) is 11.8 Å². The van der Waals surface area contributed by atoms with Crippen LogP contribution in [-0.4, -0.2) is 57.3 Å². The molecule has 11 nitrogen and oxygen atoms in total. The molecule has 3 aromatic carbocycles. The van der Waals surface area contributed by atoms with Crippen LogP contribution in [0.15, 0.2) is 72.9 Å². The zero-order valence-electron chi connectivity index (χ0n) is 26.7. The van der Waals surface area contributed by atoms with Gasteiger partial charge < -0.3 is 20.9 Å². The Morgan fingerprint density at radius 1 is 1.08 bits per heavy atom. The number of carbonyl (C=O) groups is 3. The van der Waals surface area contributed by atoms with Gasteiger partial charge in [-0.2, -0.15) is 5.10 Å². The topological polar surface area (TPSA) is 153 Å². The largest absolute Gasteiger partial charge is 0.494 e. The van der Waals surface area contributed by atoms with Gasteiger partial charge in [-0.25, -0.2) is 13.8 Å². The molecule has 1 saturated heterocycles. The lowest BCUT2D eigenvalue weighted by molar-refractivity contribution is -0.121. The second-order valence-corrected chi connectivity index (χ2v) is 12.8. The fraction of sp³-hybridized carbons (Fsp3) is 0.250. The molecule has 4 N–H and O–H groups in total. The van der Waals surface area contributed by atoms with Crippen molar-refractivity contribution >= 4 is 45.9 Å². The number of methoxy groups -OCH3 is 1. The maximum Gasteiger partial charge on any atom is 0.251 e. The molecule has 2 atom stereocenters. The Kier molecular flexibility index (Phi) is 8.48. The second kappa shape index (κ2) is 12.8. The molecule has 1 aliphatic heterocycles. The number of anilines is 1. The van der Waals surface area contributed by atoms with E-state index in [1.807, 2.05) is 10.9 Å². The van der Waals surface area contributed by atoms with Gasteiger partial charge in [0.05, 0.1) is 36.1 Å². The third-order valence-electron chi connectivity index (χ3n) is 9.09. The normalized spacial score (nSPS) is 17.2. The van der Waals surface area contributed by atoms with E-state index in [-0.39, 0.29) is 46.1 Å². The van der Waals surface area contributed by atoms with E-state index in [2.05, 4.69) is 15.4 Å². The molecule has 3 amide bonds. The number of nitrogens with zero attached hydrogens (tertiary/aromatic N) is 4. The van der Waals surface area contributed by atoms with E-state index >= 15 is 4.39 Å². The SMILES string of the molecule is COc1cc(C(=O)NC[C@@](O)(c2ccccc2)c2cc(N3C(=O)CC[C@H]3C(N)=O)cc(-c3cc(Cl)c(F)cc3F)n2)cc2cn(C3CC3)nc12. The van der Waals surface area contributed by atoms with E-state index in [9.17, 15) is 23.9 Å². The van der Waals surface area contributed by atoms with Crippen LogP contribution in [0.3, 0.4) is 0 Å². The summed E-state index contributed by atoms with van der Waals surface area (Å²) in [5, 5.41) is 20.3. The van der Waals surface area contributed by atoms with E-state index in [1.54, 1.807) is 42.5 Å². The Balaban J connectivity index is 1.33. The molecular weight excluding hydrogens is 670 g/mol. The Morgan fingerprint density at radius 2 is 1.84 bits per heavy atom. The lowest BCUT2D eigenvalue weighted by Gasteiger charge is -2.31. The molecule has 2 aromatic heterocycles. The fourth-order valence-electron chi connectivity index (χ4n) is 6.30. The maximum atomic E-state index is 15.3. The zero-order valence-corrected chi connectivity index (χ0v) is 27.5. The Morgan fingerprint density at radius 3 is 2.54 bits per heavy atom. The van der Waals surface area contributed by atoms with Crippen LogP contribution in [0.25, 0.3) is 22.2 Å². The number of hydrogen-bond donors (Lipinski definition) is 3.